The molecule has 0 bridgehead atoms. The van der Waals surface area contributed by atoms with Crippen molar-refractivity contribution in [3.63, 3.8) is 0 Å². The van der Waals surface area contributed by atoms with Crippen molar-refractivity contribution in [2.75, 3.05) is 10.2 Å². The fourth-order valence-electron chi connectivity index (χ4n) is 3.52. The number of benzene rings is 2. The van der Waals surface area contributed by atoms with Crippen molar-refractivity contribution in [3.05, 3.63) is 94.0 Å². The Labute approximate surface area is 198 Å². The summed E-state index contributed by atoms with van der Waals surface area (Å²) in [6, 6.07) is 15.5. The molecule has 3 rings (SSSR count). The van der Waals surface area contributed by atoms with Crippen molar-refractivity contribution in [2.24, 2.45) is 0 Å². The van der Waals surface area contributed by atoms with Crippen LogP contribution in [0.5, 0.6) is 0 Å². The Hall–Kier alpha value is -3.39. The number of unbranched alkanes of at least 4 members (excludes halogenated alkanes) is 1. The number of anilines is 2. The first-order valence-electron chi connectivity index (χ1n) is 10.9. The number of hydrogen-bond acceptors (Lipinski definition) is 4. The highest BCUT2D eigenvalue weighted by Crippen LogP contribution is 2.27. The van der Waals surface area contributed by atoms with E-state index in [1.165, 1.54) is 30.5 Å². The summed E-state index contributed by atoms with van der Waals surface area (Å²) in [7, 11) is 0. The minimum Gasteiger partial charge on any atom is -0.332 e. The molecule has 0 aliphatic rings. The molecule has 0 fully saturated rings. The first-order valence-corrected chi connectivity index (χ1v) is 11.3. The lowest BCUT2D eigenvalue weighted by atomic mass is 9.95. The molecule has 0 radical (unpaired) electrons. The van der Waals surface area contributed by atoms with Crippen molar-refractivity contribution in [2.45, 2.75) is 45.6 Å². The zero-order chi connectivity index (χ0) is 23.8. The topological polar surface area (TPSA) is 71.3 Å². The van der Waals surface area contributed by atoms with E-state index < -0.39 is 16.4 Å². The molecule has 3 aromatic rings. The lowest BCUT2D eigenvalue weighted by molar-refractivity contribution is -0.387. The van der Waals surface area contributed by atoms with Gasteiger partial charge in [0.1, 0.15) is 0 Å². The van der Waals surface area contributed by atoms with Crippen molar-refractivity contribution < 1.29 is 9.31 Å². The van der Waals surface area contributed by atoms with Crippen LogP contribution in [0.3, 0.4) is 0 Å². The number of hydrogen-bond donors (Lipinski definition) is 1. The van der Waals surface area contributed by atoms with Gasteiger partial charge in [0.05, 0.1) is 17.2 Å². The quantitative estimate of drug-likeness (QED) is 0.212. The zero-order valence-corrected chi connectivity index (χ0v) is 19.5. The number of nitro benzene ring substituents is 1. The molecule has 2 aromatic carbocycles. The fourth-order valence-corrected chi connectivity index (χ4v) is 3.81. The molecule has 0 spiro atoms. The number of rotatable bonds is 9. The van der Waals surface area contributed by atoms with Gasteiger partial charge in [-0.05, 0) is 72.1 Å². The van der Waals surface area contributed by atoms with E-state index in [4.69, 9.17) is 12.2 Å². The van der Waals surface area contributed by atoms with E-state index >= 15 is 0 Å². The summed E-state index contributed by atoms with van der Waals surface area (Å²) in [6.45, 7) is 4.75. The summed E-state index contributed by atoms with van der Waals surface area (Å²) in [5.74, 6) is -0.409. The summed E-state index contributed by atoms with van der Waals surface area (Å²) >= 11 is 5.66. The van der Waals surface area contributed by atoms with Crippen LogP contribution >= 0.6 is 12.2 Å². The number of pyridine rings is 1. The van der Waals surface area contributed by atoms with Crippen LogP contribution in [0.1, 0.15) is 50.2 Å². The molecule has 0 aliphatic carbocycles. The average molecular weight is 467 g/mol. The third-order valence-corrected chi connectivity index (χ3v) is 5.82. The zero-order valence-electron chi connectivity index (χ0n) is 18.7. The van der Waals surface area contributed by atoms with Crippen LogP contribution in [0.25, 0.3) is 0 Å². The van der Waals surface area contributed by atoms with Gasteiger partial charge in [0.15, 0.2) is 5.11 Å². The van der Waals surface area contributed by atoms with E-state index in [0.29, 0.717) is 23.3 Å². The molecular formula is C25H27FN4O2S. The van der Waals surface area contributed by atoms with Crippen LogP contribution in [-0.4, -0.2) is 15.0 Å². The van der Waals surface area contributed by atoms with Gasteiger partial charge in [-0.25, -0.2) is 0 Å². The first kappa shape index (κ1) is 24.3. The predicted molar refractivity (Wildman–Crippen MR) is 134 cm³/mol. The van der Waals surface area contributed by atoms with Gasteiger partial charge in [-0.2, -0.15) is 4.39 Å². The molecular weight excluding hydrogens is 439 g/mol. The van der Waals surface area contributed by atoms with Crippen LogP contribution in [0.4, 0.5) is 21.5 Å². The van der Waals surface area contributed by atoms with Gasteiger partial charge in [0.25, 0.3) is 0 Å². The molecule has 1 atom stereocenters. The Morgan fingerprint density at radius 3 is 2.52 bits per heavy atom. The first-order chi connectivity index (χ1) is 15.9. The van der Waals surface area contributed by atoms with E-state index in [9.17, 15) is 14.5 Å². The average Bonchev–Trinajstić information content (AvgIpc) is 2.82. The maximum absolute atomic E-state index is 13.9. The van der Waals surface area contributed by atoms with Gasteiger partial charge >= 0.3 is 5.69 Å². The van der Waals surface area contributed by atoms with Crippen LogP contribution in [-0.2, 0) is 6.54 Å². The predicted octanol–water partition coefficient (Wildman–Crippen LogP) is 6.83. The van der Waals surface area contributed by atoms with Gasteiger partial charge in [0.2, 0.25) is 5.82 Å². The highest BCUT2D eigenvalue weighted by atomic mass is 32.1. The Morgan fingerprint density at radius 1 is 1.18 bits per heavy atom. The third-order valence-electron chi connectivity index (χ3n) is 5.49. The van der Waals surface area contributed by atoms with Gasteiger partial charge < -0.3 is 10.2 Å². The van der Waals surface area contributed by atoms with Crippen LogP contribution < -0.4 is 10.2 Å². The van der Waals surface area contributed by atoms with E-state index in [1.54, 1.807) is 17.3 Å². The molecule has 1 aromatic heterocycles. The second kappa shape index (κ2) is 11.5. The van der Waals surface area contributed by atoms with Gasteiger partial charge in [-0.3, -0.25) is 15.1 Å². The van der Waals surface area contributed by atoms with Gasteiger partial charge in [0, 0.05) is 24.1 Å². The van der Waals surface area contributed by atoms with Crippen molar-refractivity contribution in [1.82, 2.24) is 4.98 Å². The molecule has 172 valence electrons. The van der Waals surface area contributed by atoms with Crippen LogP contribution in [0, 0.1) is 15.9 Å². The normalized spacial score (nSPS) is 11.6. The second-order valence-electron chi connectivity index (χ2n) is 7.93. The van der Waals surface area contributed by atoms with E-state index in [0.717, 1.165) is 23.7 Å². The molecule has 1 N–H and O–H groups in total. The number of nitrogens with one attached hydrogen (secondary N) is 1. The molecule has 0 amide bonds. The Morgan fingerprint density at radius 2 is 1.88 bits per heavy atom. The van der Waals surface area contributed by atoms with E-state index in [2.05, 4.69) is 36.3 Å². The Kier molecular flexibility index (Phi) is 8.43. The van der Waals surface area contributed by atoms with Crippen molar-refractivity contribution in [3.8, 4) is 0 Å². The molecule has 8 heteroatoms. The van der Waals surface area contributed by atoms with Gasteiger partial charge in [-0.15, -0.1) is 0 Å². The summed E-state index contributed by atoms with van der Waals surface area (Å²) < 4.78 is 13.9. The molecule has 0 saturated heterocycles. The number of halogens is 1. The largest absolute Gasteiger partial charge is 0.332 e. The third kappa shape index (κ3) is 6.55. The molecule has 0 saturated carbocycles. The molecule has 0 aliphatic heterocycles. The maximum Gasteiger partial charge on any atom is 0.306 e. The highest BCUT2D eigenvalue weighted by molar-refractivity contribution is 7.80. The lowest BCUT2D eigenvalue weighted by Crippen LogP contribution is -2.34. The van der Waals surface area contributed by atoms with Crippen LogP contribution in [0.2, 0.25) is 0 Å². The number of nitrogens with zero attached hydrogens (tertiary/aromatic N) is 3. The number of thiocarbonyl (C=S) groups is 1. The standard InChI is InChI=1S/C25H27FN4O2S/c1-3-4-5-18(2)20-6-8-21(9-7-20)28-25(33)29(17-19-12-14-27-15-13-19)22-10-11-23(26)24(16-22)30(31)32/h6-16,18H,3-5,17H2,1-2H3,(H,28,33). The van der Waals surface area contributed by atoms with E-state index in [1.807, 2.05) is 24.3 Å². The van der Waals surface area contributed by atoms with E-state index in [-0.39, 0.29) is 0 Å². The minimum atomic E-state index is -0.890. The maximum atomic E-state index is 13.9. The minimum absolute atomic E-state index is 0.337. The lowest BCUT2D eigenvalue weighted by Gasteiger charge is -2.26. The summed E-state index contributed by atoms with van der Waals surface area (Å²) in [6.07, 6.45) is 6.84. The second-order valence-corrected chi connectivity index (χ2v) is 8.32. The number of aromatic nitrogens is 1. The highest BCUT2D eigenvalue weighted by Gasteiger charge is 2.20. The summed E-state index contributed by atoms with van der Waals surface area (Å²) in [4.78, 5) is 16.2. The Balaban J connectivity index is 1.84. The molecule has 1 heterocycles. The number of nitro groups is 1. The summed E-state index contributed by atoms with van der Waals surface area (Å²) in [5.41, 5.74) is 2.80. The molecule has 33 heavy (non-hydrogen) atoms. The summed E-state index contributed by atoms with van der Waals surface area (Å²) in [5, 5.41) is 14.8. The van der Waals surface area contributed by atoms with Crippen LogP contribution in [0.15, 0.2) is 67.0 Å². The smallest absolute Gasteiger partial charge is 0.306 e. The van der Waals surface area contributed by atoms with Crippen molar-refractivity contribution >= 4 is 34.4 Å². The van der Waals surface area contributed by atoms with Gasteiger partial charge in [-0.1, -0.05) is 38.8 Å². The van der Waals surface area contributed by atoms with Crippen molar-refractivity contribution in [1.29, 1.82) is 0 Å². The fraction of sp³-hybridized carbons (Fsp3) is 0.280. The molecule has 6 nitrogen and oxygen atoms in total. The monoisotopic (exact) mass is 466 g/mol. The SMILES string of the molecule is CCCCC(C)c1ccc(NC(=S)N(Cc2ccncc2)c2ccc(F)c([N+](=O)[O-])c2)cc1. The molecule has 1 unspecified atom stereocenters. The Bertz CT molecular complexity index is 1090.